The average Bonchev–Trinajstić information content (AvgIpc) is 2.74. The maximum Gasteiger partial charge on any atom is 0.269 e. The van der Waals surface area contributed by atoms with E-state index in [0.717, 1.165) is 32.4 Å². The van der Waals surface area contributed by atoms with Gasteiger partial charge in [-0.05, 0) is 37.8 Å². The fourth-order valence-electron chi connectivity index (χ4n) is 3.96. The Balaban J connectivity index is 1.63. The Labute approximate surface area is 177 Å². The van der Waals surface area contributed by atoms with E-state index in [4.69, 9.17) is 0 Å². The molecule has 2 aliphatic rings. The number of aromatic amines is 1. The molecule has 1 saturated heterocycles. The summed E-state index contributed by atoms with van der Waals surface area (Å²) in [7, 11) is 0. The first-order valence-corrected chi connectivity index (χ1v) is 10.1. The highest BCUT2D eigenvalue weighted by Gasteiger charge is 2.35. The van der Waals surface area contributed by atoms with Crippen molar-refractivity contribution in [2.24, 2.45) is 0 Å². The van der Waals surface area contributed by atoms with Gasteiger partial charge in [0.25, 0.3) is 11.2 Å². The molecule has 1 aromatic carbocycles. The number of aromatic nitrogens is 2. The molecule has 0 spiro atoms. The molecule has 162 valence electrons. The minimum absolute atomic E-state index is 0.0937. The maximum atomic E-state index is 13.0. The first kappa shape index (κ1) is 20.5. The number of non-ortho nitro benzene ring substituents is 1. The summed E-state index contributed by atoms with van der Waals surface area (Å²) in [5.74, 6) is -1.50. The SMILES string of the molecule is Cc1cc([N+](=O)[O-])ccc1NC(=O)[C@@H]1CC(=O)Nc2nc(N3CCCCC3)[nH]c(=O)c21. The van der Waals surface area contributed by atoms with Gasteiger partial charge in [0, 0.05) is 37.3 Å². The van der Waals surface area contributed by atoms with E-state index in [2.05, 4.69) is 20.6 Å². The van der Waals surface area contributed by atoms with Crippen molar-refractivity contribution in [2.45, 2.75) is 38.5 Å². The van der Waals surface area contributed by atoms with E-state index >= 15 is 0 Å². The van der Waals surface area contributed by atoms with Crippen molar-refractivity contribution in [1.82, 2.24) is 9.97 Å². The second-order valence-corrected chi connectivity index (χ2v) is 7.75. The topological polar surface area (TPSA) is 150 Å². The van der Waals surface area contributed by atoms with Crippen LogP contribution in [0.25, 0.3) is 0 Å². The Bertz CT molecular complexity index is 1120. The fourth-order valence-corrected chi connectivity index (χ4v) is 3.96. The lowest BCUT2D eigenvalue weighted by Crippen LogP contribution is -2.38. The largest absolute Gasteiger partial charge is 0.342 e. The van der Waals surface area contributed by atoms with Crippen molar-refractivity contribution in [3.05, 3.63) is 49.8 Å². The number of nitro benzene ring substituents is 1. The monoisotopic (exact) mass is 426 g/mol. The number of aryl methyl sites for hydroxylation is 1. The van der Waals surface area contributed by atoms with Crippen LogP contribution in [0.1, 0.15) is 42.7 Å². The number of nitro groups is 1. The van der Waals surface area contributed by atoms with Crippen molar-refractivity contribution in [1.29, 1.82) is 0 Å². The van der Waals surface area contributed by atoms with Gasteiger partial charge in [0.1, 0.15) is 5.82 Å². The van der Waals surface area contributed by atoms with E-state index < -0.39 is 28.2 Å². The Hall–Kier alpha value is -3.76. The van der Waals surface area contributed by atoms with Crippen molar-refractivity contribution < 1.29 is 14.5 Å². The van der Waals surface area contributed by atoms with Crippen molar-refractivity contribution in [2.75, 3.05) is 28.6 Å². The molecule has 0 bridgehead atoms. The zero-order valence-electron chi connectivity index (χ0n) is 16.9. The summed E-state index contributed by atoms with van der Waals surface area (Å²) in [6.45, 7) is 3.15. The number of nitrogens with one attached hydrogen (secondary N) is 3. The molecule has 11 nitrogen and oxygen atoms in total. The predicted molar refractivity (Wildman–Crippen MR) is 113 cm³/mol. The molecule has 3 heterocycles. The summed E-state index contributed by atoms with van der Waals surface area (Å²) < 4.78 is 0. The van der Waals surface area contributed by atoms with Gasteiger partial charge < -0.3 is 15.5 Å². The van der Waals surface area contributed by atoms with E-state index in [9.17, 15) is 24.5 Å². The lowest BCUT2D eigenvalue weighted by Gasteiger charge is -2.29. The highest BCUT2D eigenvalue weighted by atomic mass is 16.6. The summed E-state index contributed by atoms with van der Waals surface area (Å²) in [5.41, 5.74) is 0.417. The Morgan fingerprint density at radius 2 is 2.00 bits per heavy atom. The van der Waals surface area contributed by atoms with E-state index in [0.29, 0.717) is 17.2 Å². The van der Waals surface area contributed by atoms with Gasteiger partial charge in [-0.15, -0.1) is 0 Å². The van der Waals surface area contributed by atoms with Crippen LogP contribution in [0.15, 0.2) is 23.0 Å². The Kier molecular flexibility index (Phi) is 5.40. The fraction of sp³-hybridized carbons (Fsp3) is 0.400. The van der Waals surface area contributed by atoms with Gasteiger partial charge in [0.2, 0.25) is 17.8 Å². The van der Waals surface area contributed by atoms with Crippen LogP contribution in [0, 0.1) is 17.0 Å². The molecule has 31 heavy (non-hydrogen) atoms. The zero-order chi connectivity index (χ0) is 22.1. The average molecular weight is 426 g/mol. The molecule has 2 aromatic rings. The van der Waals surface area contributed by atoms with Gasteiger partial charge in [-0.25, -0.2) is 0 Å². The summed E-state index contributed by atoms with van der Waals surface area (Å²) in [5, 5.41) is 16.2. The predicted octanol–water partition coefficient (Wildman–Crippen LogP) is 2.04. The number of benzene rings is 1. The molecule has 0 unspecified atom stereocenters. The van der Waals surface area contributed by atoms with Gasteiger partial charge in [-0.1, -0.05) is 0 Å². The number of piperidine rings is 1. The molecule has 2 amide bonds. The molecule has 1 fully saturated rings. The smallest absolute Gasteiger partial charge is 0.269 e. The zero-order valence-corrected chi connectivity index (χ0v) is 16.9. The summed E-state index contributed by atoms with van der Waals surface area (Å²) >= 11 is 0. The number of rotatable bonds is 4. The number of H-pyrrole nitrogens is 1. The number of fused-ring (bicyclic) bond motifs is 1. The van der Waals surface area contributed by atoms with E-state index in [1.54, 1.807) is 6.92 Å². The second kappa shape index (κ2) is 8.17. The standard InChI is InChI=1S/C20H22N6O5/c1-11-9-12(26(30)31)5-6-14(11)21-18(28)13-10-15(27)22-17-16(13)19(29)24-20(23-17)25-7-3-2-4-8-25/h5-6,9,13H,2-4,7-8,10H2,1H3,(H,21,28)(H2,22,23,24,27,29)/t13-/m1/s1. The van der Waals surface area contributed by atoms with Gasteiger partial charge in [0.05, 0.1) is 16.4 Å². The van der Waals surface area contributed by atoms with Gasteiger partial charge in [-0.2, -0.15) is 4.98 Å². The normalized spacial score (nSPS) is 18.2. The number of hydrogen-bond donors (Lipinski definition) is 3. The highest BCUT2D eigenvalue weighted by molar-refractivity contribution is 6.04. The van der Waals surface area contributed by atoms with Crippen LogP contribution >= 0.6 is 0 Å². The molecule has 4 rings (SSSR count). The minimum Gasteiger partial charge on any atom is -0.342 e. The van der Waals surface area contributed by atoms with E-state index in [1.165, 1.54) is 18.2 Å². The molecular formula is C20H22N6O5. The minimum atomic E-state index is -1.02. The van der Waals surface area contributed by atoms with Gasteiger partial charge in [-0.3, -0.25) is 29.5 Å². The van der Waals surface area contributed by atoms with Gasteiger partial charge >= 0.3 is 0 Å². The van der Waals surface area contributed by atoms with Crippen LogP contribution in [0.2, 0.25) is 0 Å². The maximum absolute atomic E-state index is 13.0. The van der Waals surface area contributed by atoms with Crippen LogP contribution in [-0.4, -0.2) is 39.8 Å². The number of hydrogen-bond acceptors (Lipinski definition) is 7. The Morgan fingerprint density at radius 1 is 1.26 bits per heavy atom. The molecule has 0 radical (unpaired) electrons. The molecule has 1 atom stereocenters. The summed E-state index contributed by atoms with van der Waals surface area (Å²) in [6, 6.07) is 4.05. The van der Waals surface area contributed by atoms with Crippen LogP contribution < -0.4 is 21.1 Å². The molecular weight excluding hydrogens is 404 g/mol. The lowest BCUT2D eigenvalue weighted by atomic mass is 9.92. The van der Waals surface area contributed by atoms with Crippen molar-refractivity contribution in [3.8, 4) is 0 Å². The molecule has 0 saturated carbocycles. The van der Waals surface area contributed by atoms with Crippen molar-refractivity contribution in [3.63, 3.8) is 0 Å². The molecule has 1 aromatic heterocycles. The van der Waals surface area contributed by atoms with Crippen LogP contribution in [-0.2, 0) is 9.59 Å². The molecule has 11 heteroatoms. The second-order valence-electron chi connectivity index (χ2n) is 7.75. The van der Waals surface area contributed by atoms with Crippen LogP contribution in [0.3, 0.4) is 0 Å². The quantitative estimate of drug-likeness (QED) is 0.500. The third kappa shape index (κ3) is 4.11. The third-order valence-corrected chi connectivity index (χ3v) is 5.59. The van der Waals surface area contributed by atoms with E-state index in [1.807, 2.05) is 4.90 Å². The molecule has 0 aliphatic carbocycles. The summed E-state index contributed by atoms with van der Waals surface area (Å²) in [4.78, 5) is 57.6. The molecule has 2 aliphatic heterocycles. The lowest BCUT2D eigenvalue weighted by molar-refractivity contribution is -0.384. The number of amides is 2. The van der Waals surface area contributed by atoms with E-state index in [-0.39, 0.29) is 23.5 Å². The number of carbonyl (C=O) groups excluding carboxylic acids is 2. The number of nitrogens with zero attached hydrogens (tertiary/aromatic N) is 3. The van der Waals surface area contributed by atoms with Crippen LogP contribution in [0.5, 0.6) is 0 Å². The third-order valence-electron chi connectivity index (χ3n) is 5.59. The van der Waals surface area contributed by atoms with Crippen LogP contribution in [0.4, 0.5) is 23.1 Å². The first-order chi connectivity index (χ1) is 14.8. The number of carbonyl (C=O) groups is 2. The summed E-state index contributed by atoms with van der Waals surface area (Å²) in [6.07, 6.45) is 2.91. The highest BCUT2D eigenvalue weighted by Crippen LogP contribution is 2.31. The van der Waals surface area contributed by atoms with Crippen molar-refractivity contribution >= 4 is 35.0 Å². The number of anilines is 3. The Morgan fingerprint density at radius 3 is 2.68 bits per heavy atom. The molecule has 3 N–H and O–H groups in total. The first-order valence-electron chi connectivity index (χ1n) is 10.1. The van der Waals surface area contributed by atoms with Gasteiger partial charge in [0.15, 0.2) is 0 Å².